The second kappa shape index (κ2) is 6.92. The zero-order chi connectivity index (χ0) is 20.9. The number of benzene rings is 2. The highest BCUT2D eigenvalue weighted by Crippen LogP contribution is 2.48. The van der Waals surface area contributed by atoms with Crippen LogP contribution in [0.25, 0.3) is 5.57 Å². The van der Waals surface area contributed by atoms with Crippen molar-refractivity contribution in [2.45, 2.75) is 71.1 Å². The monoisotopic (exact) mass is 376 g/mol. The molecule has 148 valence electrons. The number of fused-ring (bicyclic) bond motifs is 1. The van der Waals surface area contributed by atoms with E-state index in [2.05, 4.69) is 60.3 Å². The van der Waals surface area contributed by atoms with Gasteiger partial charge in [0.1, 0.15) is 0 Å². The summed E-state index contributed by atoms with van der Waals surface area (Å²) in [6, 6.07) is 11.8. The Morgan fingerprint density at radius 3 is 1.93 bits per heavy atom. The normalized spacial score (nSPS) is 17.2. The van der Waals surface area contributed by atoms with Gasteiger partial charge in [0.05, 0.1) is 5.56 Å². The summed E-state index contributed by atoms with van der Waals surface area (Å²) in [6.45, 7) is 18.0. The van der Waals surface area contributed by atoms with E-state index in [9.17, 15) is 9.90 Å². The number of hydrogen-bond donors (Lipinski definition) is 1. The molecule has 0 bridgehead atoms. The molecule has 0 heterocycles. The summed E-state index contributed by atoms with van der Waals surface area (Å²) in [5, 5.41) is 9.64. The van der Waals surface area contributed by atoms with Crippen LogP contribution in [-0.2, 0) is 10.8 Å². The summed E-state index contributed by atoms with van der Waals surface area (Å²) in [4.78, 5) is 11.8. The Morgan fingerprint density at radius 2 is 1.43 bits per heavy atom. The zero-order valence-corrected chi connectivity index (χ0v) is 18.0. The van der Waals surface area contributed by atoms with Crippen LogP contribution in [-0.4, -0.2) is 11.1 Å². The molecule has 1 aliphatic carbocycles. The second-order valence-corrected chi connectivity index (χ2v) is 9.74. The van der Waals surface area contributed by atoms with E-state index >= 15 is 0 Å². The van der Waals surface area contributed by atoms with E-state index in [-0.39, 0.29) is 10.8 Å². The van der Waals surface area contributed by atoms with E-state index in [0.717, 1.165) is 17.6 Å². The lowest BCUT2D eigenvalue weighted by atomic mass is 9.62. The maximum atomic E-state index is 11.8. The van der Waals surface area contributed by atoms with Crippen LogP contribution in [0.3, 0.4) is 0 Å². The van der Waals surface area contributed by atoms with E-state index in [4.69, 9.17) is 0 Å². The number of rotatable bonds is 4. The third-order valence-corrected chi connectivity index (χ3v) is 6.45. The first-order valence-electron chi connectivity index (χ1n) is 10.2. The van der Waals surface area contributed by atoms with Gasteiger partial charge in [0.2, 0.25) is 0 Å². The van der Waals surface area contributed by atoms with E-state index < -0.39 is 5.97 Å². The molecule has 0 saturated heterocycles. The van der Waals surface area contributed by atoms with Crippen molar-refractivity contribution in [1.82, 2.24) is 0 Å². The Balaban J connectivity index is 2.28. The van der Waals surface area contributed by atoms with Crippen LogP contribution in [0.15, 0.2) is 43.0 Å². The molecule has 0 spiro atoms. The standard InChI is InChI=1S/C26H32O2/c1-16(2)20-14-22-23(26(6,7)13-12-25(22,4)5)15-21(20)17(3)18-10-8-9-11-19(18)24(27)28/h8-11,14-16H,3,12-13H2,1-2,4-7H3,(H,27,28). The van der Waals surface area contributed by atoms with Crippen LogP contribution >= 0.6 is 0 Å². The van der Waals surface area contributed by atoms with Crippen LogP contribution in [0.2, 0.25) is 0 Å². The van der Waals surface area contributed by atoms with Gasteiger partial charge in [-0.2, -0.15) is 0 Å². The first-order chi connectivity index (χ1) is 13.0. The second-order valence-electron chi connectivity index (χ2n) is 9.74. The Bertz CT molecular complexity index is 945. The molecule has 0 aliphatic heterocycles. The van der Waals surface area contributed by atoms with Crippen molar-refractivity contribution in [3.8, 4) is 0 Å². The van der Waals surface area contributed by atoms with Gasteiger partial charge in [-0.05, 0) is 69.0 Å². The minimum absolute atomic E-state index is 0.0989. The SMILES string of the molecule is C=C(c1ccccc1C(=O)O)c1cc2c(cc1C(C)C)C(C)(C)CCC2(C)C. The number of carboxylic acids is 1. The van der Waals surface area contributed by atoms with Crippen molar-refractivity contribution in [2.75, 3.05) is 0 Å². The van der Waals surface area contributed by atoms with Crippen LogP contribution < -0.4 is 0 Å². The van der Waals surface area contributed by atoms with Crippen molar-refractivity contribution >= 4 is 11.5 Å². The van der Waals surface area contributed by atoms with E-state index in [1.54, 1.807) is 12.1 Å². The molecule has 3 rings (SSSR count). The summed E-state index contributed by atoms with van der Waals surface area (Å²) in [5.74, 6) is -0.586. The fourth-order valence-corrected chi connectivity index (χ4v) is 4.45. The molecule has 1 aliphatic rings. The Hall–Kier alpha value is -2.35. The average Bonchev–Trinajstić information content (AvgIpc) is 2.64. The summed E-state index contributed by atoms with van der Waals surface area (Å²) in [5.41, 5.74) is 7.16. The lowest BCUT2D eigenvalue weighted by Crippen LogP contribution is -2.34. The lowest BCUT2D eigenvalue weighted by molar-refractivity contribution is 0.0696. The lowest BCUT2D eigenvalue weighted by Gasteiger charge is -2.43. The summed E-state index contributed by atoms with van der Waals surface area (Å²) < 4.78 is 0. The molecule has 1 N–H and O–H groups in total. The fourth-order valence-electron chi connectivity index (χ4n) is 4.45. The molecule has 0 aromatic heterocycles. The van der Waals surface area contributed by atoms with Crippen molar-refractivity contribution in [3.05, 3.63) is 76.4 Å². The van der Waals surface area contributed by atoms with E-state index in [1.807, 2.05) is 12.1 Å². The Morgan fingerprint density at radius 1 is 0.929 bits per heavy atom. The molecule has 0 atom stereocenters. The topological polar surface area (TPSA) is 37.3 Å². The van der Waals surface area contributed by atoms with E-state index in [0.29, 0.717) is 17.0 Å². The van der Waals surface area contributed by atoms with Gasteiger partial charge in [0.25, 0.3) is 0 Å². The van der Waals surface area contributed by atoms with Crippen LogP contribution in [0, 0.1) is 0 Å². The highest BCUT2D eigenvalue weighted by atomic mass is 16.4. The van der Waals surface area contributed by atoms with Crippen molar-refractivity contribution < 1.29 is 9.90 Å². The minimum Gasteiger partial charge on any atom is -0.478 e. The largest absolute Gasteiger partial charge is 0.478 e. The molecule has 0 unspecified atom stereocenters. The van der Waals surface area contributed by atoms with Crippen LogP contribution in [0.4, 0.5) is 0 Å². The predicted molar refractivity (Wildman–Crippen MR) is 117 cm³/mol. The van der Waals surface area contributed by atoms with Crippen molar-refractivity contribution in [2.24, 2.45) is 0 Å². The molecule has 2 aromatic carbocycles. The first-order valence-corrected chi connectivity index (χ1v) is 10.2. The maximum absolute atomic E-state index is 11.8. The van der Waals surface area contributed by atoms with Crippen LogP contribution in [0.1, 0.15) is 98.5 Å². The van der Waals surface area contributed by atoms with Crippen LogP contribution in [0.5, 0.6) is 0 Å². The maximum Gasteiger partial charge on any atom is 0.336 e. The quantitative estimate of drug-likeness (QED) is 0.629. The average molecular weight is 377 g/mol. The molecule has 2 heteroatoms. The molecule has 28 heavy (non-hydrogen) atoms. The van der Waals surface area contributed by atoms with Gasteiger partial charge in [-0.3, -0.25) is 0 Å². The van der Waals surface area contributed by atoms with Crippen molar-refractivity contribution in [3.63, 3.8) is 0 Å². The molecule has 2 nitrogen and oxygen atoms in total. The number of aromatic carboxylic acids is 1. The predicted octanol–water partition coefficient (Wildman–Crippen LogP) is 6.92. The first kappa shape index (κ1) is 20.4. The summed E-state index contributed by atoms with van der Waals surface area (Å²) >= 11 is 0. The Labute approximate surface area is 169 Å². The Kier molecular flexibility index (Phi) is 5.04. The summed E-state index contributed by atoms with van der Waals surface area (Å²) in [6.07, 6.45) is 2.32. The molecular formula is C26H32O2. The highest BCUT2D eigenvalue weighted by Gasteiger charge is 2.38. The van der Waals surface area contributed by atoms with Crippen molar-refractivity contribution in [1.29, 1.82) is 0 Å². The third-order valence-electron chi connectivity index (χ3n) is 6.45. The van der Waals surface area contributed by atoms with E-state index in [1.165, 1.54) is 23.1 Å². The van der Waals surface area contributed by atoms with Gasteiger partial charge >= 0.3 is 5.97 Å². The number of carboxylic acid groups (broad SMARTS) is 1. The molecule has 0 amide bonds. The van der Waals surface area contributed by atoms with Gasteiger partial charge in [0.15, 0.2) is 0 Å². The minimum atomic E-state index is -0.915. The molecule has 0 saturated carbocycles. The highest BCUT2D eigenvalue weighted by molar-refractivity contribution is 5.97. The molecular weight excluding hydrogens is 344 g/mol. The fraction of sp³-hybridized carbons (Fsp3) is 0.423. The molecule has 0 radical (unpaired) electrons. The van der Waals surface area contributed by atoms with Gasteiger partial charge in [0, 0.05) is 0 Å². The van der Waals surface area contributed by atoms with Gasteiger partial charge in [-0.15, -0.1) is 0 Å². The smallest absolute Gasteiger partial charge is 0.336 e. The number of hydrogen-bond acceptors (Lipinski definition) is 1. The number of carbonyl (C=O) groups is 1. The third kappa shape index (κ3) is 3.41. The summed E-state index contributed by atoms with van der Waals surface area (Å²) in [7, 11) is 0. The van der Waals surface area contributed by atoms with Gasteiger partial charge in [-0.25, -0.2) is 4.79 Å². The van der Waals surface area contributed by atoms with Gasteiger partial charge < -0.3 is 5.11 Å². The molecule has 2 aromatic rings. The zero-order valence-electron chi connectivity index (χ0n) is 18.0. The van der Waals surface area contributed by atoms with Gasteiger partial charge in [-0.1, -0.05) is 78.5 Å². The molecule has 0 fully saturated rings.